The van der Waals surface area contributed by atoms with Gasteiger partial charge < -0.3 is 9.53 Å². The molecule has 2 heteroatoms. The fourth-order valence-corrected chi connectivity index (χ4v) is 1.83. The van der Waals surface area contributed by atoms with Crippen LogP contribution in [-0.4, -0.2) is 18.5 Å². The summed E-state index contributed by atoms with van der Waals surface area (Å²) >= 11 is 0. The van der Waals surface area contributed by atoms with Crippen molar-refractivity contribution in [3.63, 3.8) is 0 Å². The van der Waals surface area contributed by atoms with E-state index in [9.17, 15) is 4.79 Å². The van der Waals surface area contributed by atoms with E-state index < -0.39 is 5.60 Å². The number of rotatable bonds is 3. The lowest BCUT2D eigenvalue weighted by atomic mass is 9.80. The summed E-state index contributed by atoms with van der Waals surface area (Å²) in [6, 6.07) is 0. The second kappa shape index (κ2) is 4.04. The predicted octanol–water partition coefficient (Wildman–Crippen LogP) is 2.17. The van der Waals surface area contributed by atoms with Gasteiger partial charge in [-0.1, -0.05) is 6.92 Å². The molecule has 1 aliphatic rings. The summed E-state index contributed by atoms with van der Waals surface area (Å²) in [6.45, 7) is 4.83. The molecule has 1 saturated carbocycles. The second-order valence-electron chi connectivity index (χ2n) is 3.80. The van der Waals surface area contributed by atoms with E-state index in [1.54, 1.807) is 0 Å². The number of hydrogen-bond acceptors (Lipinski definition) is 2. The minimum atomic E-state index is -0.429. The number of ether oxygens (including phenoxy) is 1. The van der Waals surface area contributed by atoms with Gasteiger partial charge >= 0.3 is 0 Å². The van der Waals surface area contributed by atoms with E-state index >= 15 is 0 Å². The summed E-state index contributed by atoms with van der Waals surface area (Å²) in [4.78, 5) is 10.9. The SMILES string of the molecule is CCOC1(C=O)CCC(C)CC1. The molecule has 1 rings (SSSR count). The fraction of sp³-hybridized carbons (Fsp3) is 0.900. The lowest BCUT2D eigenvalue weighted by Gasteiger charge is -2.34. The molecular formula is C10H18O2. The third-order valence-electron chi connectivity index (χ3n) is 2.77. The van der Waals surface area contributed by atoms with E-state index in [0.29, 0.717) is 6.61 Å². The molecule has 2 nitrogen and oxygen atoms in total. The van der Waals surface area contributed by atoms with Crippen molar-refractivity contribution in [2.45, 2.75) is 45.1 Å². The Bertz CT molecular complexity index is 146. The molecule has 70 valence electrons. The quantitative estimate of drug-likeness (QED) is 0.607. The van der Waals surface area contributed by atoms with E-state index in [1.807, 2.05) is 6.92 Å². The highest BCUT2D eigenvalue weighted by molar-refractivity contribution is 5.62. The average Bonchev–Trinajstić information content (AvgIpc) is 2.10. The summed E-state index contributed by atoms with van der Waals surface area (Å²) in [5.74, 6) is 0.763. The Balaban J connectivity index is 2.50. The molecule has 12 heavy (non-hydrogen) atoms. The van der Waals surface area contributed by atoms with Gasteiger partial charge in [-0.3, -0.25) is 0 Å². The van der Waals surface area contributed by atoms with Crippen LogP contribution in [0.25, 0.3) is 0 Å². The second-order valence-corrected chi connectivity index (χ2v) is 3.80. The van der Waals surface area contributed by atoms with Crippen LogP contribution < -0.4 is 0 Å². The zero-order valence-electron chi connectivity index (χ0n) is 8.01. The Morgan fingerprint density at radius 1 is 1.50 bits per heavy atom. The van der Waals surface area contributed by atoms with E-state index in [0.717, 1.165) is 37.9 Å². The van der Waals surface area contributed by atoms with Crippen LogP contribution in [0.4, 0.5) is 0 Å². The Labute approximate surface area is 74.3 Å². The average molecular weight is 170 g/mol. The van der Waals surface area contributed by atoms with Crippen molar-refractivity contribution in [1.29, 1.82) is 0 Å². The monoisotopic (exact) mass is 170 g/mol. The van der Waals surface area contributed by atoms with Gasteiger partial charge in [0.05, 0.1) is 0 Å². The number of carbonyl (C=O) groups excluding carboxylic acids is 1. The first-order chi connectivity index (χ1) is 5.72. The van der Waals surface area contributed by atoms with E-state index in [-0.39, 0.29) is 0 Å². The molecule has 1 fully saturated rings. The number of aldehydes is 1. The van der Waals surface area contributed by atoms with Crippen LogP contribution in [0.15, 0.2) is 0 Å². The minimum Gasteiger partial charge on any atom is -0.368 e. The van der Waals surface area contributed by atoms with Crippen molar-refractivity contribution in [2.24, 2.45) is 5.92 Å². The molecule has 0 bridgehead atoms. The van der Waals surface area contributed by atoms with Crippen LogP contribution >= 0.6 is 0 Å². The molecule has 0 radical (unpaired) electrons. The Kier molecular flexibility index (Phi) is 3.27. The van der Waals surface area contributed by atoms with Crippen molar-refractivity contribution in [2.75, 3.05) is 6.61 Å². The van der Waals surface area contributed by atoms with Gasteiger partial charge in [0, 0.05) is 6.61 Å². The van der Waals surface area contributed by atoms with Crippen LogP contribution in [0.1, 0.15) is 39.5 Å². The fourth-order valence-electron chi connectivity index (χ4n) is 1.83. The lowest BCUT2D eigenvalue weighted by Crippen LogP contribution is -2.38. The number of hydrogen-bond donors (Lipinski definition) is 0. The highest BCUT2D eigenvalue weighted by Crippen LogP contribution is 2.33. The van der Waals surface area contributed by atoms with Crippen molar-refractivity contribution >= 4 is 6.29 Å². The van der Waals surface area contributed by atoms with Gasteiger partial charge in [-0.05, 0) is 38.5 Å². The predicted molar refractivity (Wildman–Crippen MR) is 48.1 cm³/mol. The van der Waals surface area contributed by atoms with Gasteiger partial charge in [0.1, 0.15) is 5.60 Å². The first-order valence-corrected chi connectivity index (χ1v) is 4.83. The molecule has 0 spiro atoms. The minimum absolute atomic E-state index is 0.429. The molecule has 1 aliphatic carbocycles. The summed E-state index contributed by atoms with van der Waals surface area (Å²) in [5.41, 5.74) is -0.429. The Morgan fingerprint density at radius 2 is 2.08 bits per heavy atom. The highest BCUT2D eigenvalue weighted by atomic mass is 16.5. The maximum atomic E-state index is 10.9. The van der Waals surface area contributed by atoms with E-state index in [1.165, 1.54) is 0 Å². The largest absolute Gasteiger partial charge is 0.368 e. The Morgan fingerprint density at radius 3 is 2.50 bits per heavy atom. The van der Waals surface area contributed by atoms with E-state index in [2.05, 4.69) is 6.92 Å². The Hall–Kier alpha value is -0.370. The van der Waals surface area contributed by atoms with Crippen LogP contribution in [-0.2, 0) is 9.53 Å². The molecule has 0 aliphatic heterocycles. The first-order valence-electron chi connectivity index (χ1n) is 4.83. The zero-order chi connectivity index (χ0) is 9.03. The summed E-state index contributed by atoms with van der Waals surface area (Å²) < 4.78 is 5.50. The highest BCUT2D eigenvalue weighted by Gasteiger charge is 2.34. The summed E-state index contributed by atoms with van der Waals surface area (Å²) in [5, 5.41) is 0. The van der Waals surface area contributed by atoms with Gasteiger partial charge in [0.25, 0.3) is 0 Å². The van der Waals surface area contributed by atoms with Gasteiger partial charge in [-0.15, -0.1) is 0 Å². The van der Waals surface area contributed by atoms with Crippen molar-refractivity contribution in [1.82, 2.24) is 0 Å². The molecule has 0 amide bonds. The van der Waals surface area contributed by atoms with Crippen LogP contribution in [0.5, 0.6) is 0 Å². The molecule has 0 heterocycles. The van der Waals surface area contributed by atoms with Crippen LogP contribution in [0.2, 0.25) is 0 Å². The smallest absolute Gasteiger partial charge is 0.151 e. The summed E-state index contributed by atoms with van der Waals surface area (Å²) in [6.07, 6.45) is 5.07. The van der Waals surface area contributed by atoms with Gasteiger partial charge in [-0.25, -0.2) is 0 Å². The van der Waals surface area contributed by atoms with Crippen LogP contribution in [0.3, 0.4) is 0 Å². The maximum Gasteiger partial charge on any atom is 0.151 e. The standard InChI is InChI=1S/C10H18O2/c1-3-12-10(8-11)6-4-9(2)5-7-10/h8-9H,3-7H2,1-2H3. The van der Waals surface area contributed by atoms with Gasteiger partial charge in [-0.2, -0.15) is 0 Å². The first kappa shape index (κ1) is 9.72. The summed E-state index contributed by atoms with van der Waals surface area (Å²) in [7, 11) is 0. The van der Waals surface area contributed by atoms with Crippen molar-refractivity contribution in [3.8, 4) is 0 Å². The molecule has 0 aromatic rings. The number of carbonyl (C=O) groups is 1. The third kappa shape index (κ3) is 2.07. The lowest BCUT2D eigenvalue weighted by molar-refractivity contribution is -0.136. The molecule has 0 aromatic heterocycles. The van der Waals surface area contributed by atoms with Crippen LogP contribution in [0, 0.1) is 5.92 Å². The topological polar surface area (TPSA) is 26.3 Å². The van der Waals surface area contributed by atoms with Crippen molar-refractivity contribution in [3.05, 3.63) is 0 Å². The van der Waals surface area contributed by atoms with Gasteiger partial charge in [0.15, 0.2) is 6.29 Å². The molecular weight excluding hydrogens is 152 g/mol. The molecule has 0 aromatic carbocycles. The molecule has 0 N–H and O–H groups in total. The molecule has 0 atom stereocenters. The van der Waals surface area contributed by atoms with E-state index in [4.69, 9.17) is 4.74 Å². The zero-order valence-corrected chi connectivity index (χ0v) is 8.01. The maximum absolute atomic E-state index is 10.9. The molecule has 0 saturated heterocycles. The third-order valence-corrected chi connectivity index (χ3v) is 2.77. The van der Waals surface area contributed by atoms with Gasteiger partial charge in [0.2, 0.25) is 0 Å². The van der Waals surface area contributed by atoms with Crippen molar-refractivity contribution < 1.29 is 9.53 Å². The molecule has 0 unspecified atom stereocenters. The normalized spacial score (nSPS) is 36.3.